The molecule has 6 bridgehead atoms. The highest BCUT2D eigenvalue weighted by molar-refractivity contribution is 6.02. The highest BCUT2D eigenvalue weighted by atomic mass is 19.1. The van der Waals surface area contributed by atoms with E-state index in [9.17, 15) is 9.59 Å². The molecule has 2 amide bonds. The van der Waals surface area contributed by atoms with Crippen molar-refractivity contribution in [2.75, 3.05) is 64.5 Å². The number of halogens is 3. The molecule has 8 heterocycles. The van der Waals surface area contributed by atoms with Gasteiger partial charge in [0.1, 0.15) is 41.4 Å². The van der Waals surface area contributed by atoms with Gasteiger partial charge >= 0.3 is 18.2 Å². The number of aryl methyl sites for hydroxylation is 1. The van der Waals surface area contributed by atoms with Crippen molar-refractivity contribution < 1.29 is 42.1 Å². The van der Waals surface area contributed by atoms with Crippen LogP contribution in [0.25, 0.3) is 32.9 Å². The van der Waals surface area contributed by atoms with Gasteiger partial charge < -0.3 is 34.4 Å². The highest BCUT2D eigenvalue weighted by Gasteiger charge is 2.45. The molecule has 2 N–H and O–H groups in total. The van der Waals surface area contributed by atoms with Crippen LogP contribution < -0.4 is 19.7 Å². The quantitative estimate of drug-likeness (QED) is 0.228. The maximum Gasteiger partial charge on any atom is 0.415 e. The van der Waals surface area contributed by atoms with E-state index in [2.05, 4.69) is 20.2 Å². The normalized spacial score (nSPS) is 23.2. The Morgan fingerprint density at radius 3 is 2.59 bits per heavy atom. The van der Waals surface area contributed by atoms with E-state index in [1.165, 1.54) is 18.3 Å². The number of alkyl carbamates (subject to hydrolysis) is 1. The fraction of sp³-hybridized carbons (Fsp3) is 0.548. The van der Waals surface area contributed by atoms with Crippen LogP contribution >= 0.6 is 0 Å². The third-order valence-corrected chi connectivity index (χ3v) is 12.3. The summed E-state index contributed by atoms with van der Waals surface area (Å²) in [6.45, 7) is 5.17. The number of nitrogens with zero attached hydrogens (tertiary/aromatic N) is 6. The molecule has 4 saturated heterocycles. The fourth-order valence-electron chi connectivity index (χ4n) is 9.69. The van der Waals surface area contributed by atoms with Crippen molar-refractivity contribution in [1.82, 2.24) is 30.1 Å². The third-order valence-electron chi connectivity index (χ3n) is 12.3. The van der Waals surface area contributed by atoms with Crippen molar-refractivity contribution in [2.45, 2.75) is 88.4 Å². The zero-order valence-corrected chi connectivity index (χ0v) is 33.0. The minimum Gasteiger partial charge on any atom is -0.461 e. The van der Waals surface area contributed by atoms with Crippen LogP contribution in [0.4, 0.5) is 28.6 Å². The van der Waals surface area contributed by atoms with Gasteiger partial charge in [-0.05, 0) is 112 Å². The molecule has 2 unspecified atom stereocenters. The predicted octanol–water partition coefficient (Wildman–Crippen LogP) is 6.70. The summed E-state index contributed by atoms with van der Waals surface area (Å²) in [7, 11) is 1.00. The number of hydrogen-bond donors (Lipinski definition) is 2. The second kappa shape index (κ2) is 16.4. The first-order chi connectivity index (χ1) is 28.1. The van der Waals surface area contributed by atoms with Crippen LogP contribution in [0.2, 0.25) is 0 Å². The van der Waals surface area contributed by atoms with E-state index in [4.69, 9.17) is 24.3 Å². The second-order valence-corrected chi connectivity index (χ2v) is 16.3. The van der Waals surface area contributed by atoms with Gasteiger partial charge in [0.05, 0.1) is 29.6 Å². The number of ether oxygens (including phenoxy) is 3. The number of likely N-dealkylation sites (tertiary alicyclic amines) is 1. The topological polar surface area (TPSA) is 142 Å². The largest absolute Gasteiger partial charge is 0.461 e. The van der Waals surface area contributed by atoms with Gasteiger partial charge in [0, 0.05) is 44.9 Å². The number of aliphatic hydroxyl groups excluding tert-OH is 1. The van der Waals surface area contributed by atoms with Gasteiger partial charge in [-0.25, -0.2) is 22.8 Å². The average molecular weight is 806 g/mol. The lowest BCUT2D eigenvalue weighted by Crippen LogP contribution is -2.60. The van der Waals surface area contributed by atoms with Crippen LogP contribution in [0.5, 0.6) is 11.8 Å². The number of amides is 2. The van der Waals surface area contributed by atoms with Gasteiger partial charge in [-0.1, -0.05) is 6.07 Å². The number of alkyl halides is 1. The number of nitrogens with one attached hydrogen (secondary N) is 1. The summed E-state index contributed by atoms with van der Waals surface area (Å²) in [5.74, 6) is -0.982. The number of rotatable bonds is 4. The van der Waals surface area contributed by atoms with Crippen molar-refractivity contribution in [1.29, 1.82) is 0 Å². The first-order valence-electron chi connectivity index (χ1n) is 20.3. The Bertz CT molecular complexity index is 2200. The summed E-state index contributed by atoms with van der Waals surface area (Å²) in [6.07, 6.45) is 6.04. The van der Waals surface area contributed by atoms with E-state index in [1.807, 2.05) is 0 Å². The van der Waals surface area contributed by atoms with Gasteiger partial charge in [0.15, 0.2) is 5.82 Å². The number of carbonyl (C=O) groups is 2. The smallest absolute Gasteiger partial charge is 0.415 e. The predicted molar refractivity (Wildman–Crippen MR) is 211 cm³/mol. The van der Waals surface area contributed by atoms with E-state index in [-0.39, 0.29) is 89.8 Å². The average Bonchev–Trinajstić information content (AvgIpc) is 3.80. The Morgan fingerprint density at radius 2 is 1.81 bits per heavy atom. The van der Waals surface area contributed by atoms with Crippen LogP contribution in [0.1, 0.15) is 70.3 Å². The van der Waals surface area contributed by atoms with Crippen molar-refractivity contribution >= 4 is 39.7 Å². The van der Waals surface area contributed by atoms with Gasteiger partial charge in [-0.2, -0.15) is 9.97 Å². The molecule has 6 aliphatic heterocycles. The molecule has 0 aliphatic carbocycles. The second-order valence-electron chi connectivity index (χ2n) is 16.3. The molecule has 2 aromatic carbocycles. The SMILES string of the molecule is CC12CC(F)CN(C1)c1nc(OCC34CCCN3CCC4)nc3c(F)c(ncc13)-c1cc(OC(=O)N3CCCCC3)cc3ccc(F)c(c13)CCCOC(=O)N2.CO. The Labute approximate surface area is 334 Å². The van der Waals surface area contributed by atoms with Gasteiger partial charge in [-0.15, -0.1) is 0 Å². The zero-order valence-electron chi connectivity index (χ0n) is 33.0. The molecular weight excluding hydrogens is 755 g/mol. The first-order valence-corrected chi connectivity index (χ1v) is 20.3. The lowest BCUT2D eigenvalue weighted by atomic mass is 9.90. The molecule has 13 nitrogen and oxygen atoms in total. The molecule has 4 aromatic rings. The number of hydrogen-bond acceptors (Lipinski definition) is 11. The standard InChI is InChI=1S/C41H46F3N7O5.CH4O/c1-40-20-26(42)22-50(23-40)36-30-21-45-34(33(44)35(30)46-37(47-36)55-24-41-11-6-15-51(41)16-7-12-41)29-19-27(56-39(53)49-13-3-2-4-14-49)18-25-9-10-31(43)28(32(25)29)8-5-17-54-38(52)48-40;1-2/h9-10,18-19,21,26H,2-8,11-17,20,22-24H2,1H3,(H,48,52);2H,1H3. The van der Waals surface area contributed by atoms with E-state index in [0.29, 0.717) is 30.5 Å². The lowest BCUT2D eigenvalue weighted by Gasteiger charge is -2.42. The number of fused-ring (bicyclic) bond motifs is 7. The molecule has 6 aliphatic rings. The van der Waals surface area contributed by atoms with Crippen molar-refractivity contribution in [3.05, 3.63) is 47.7 Å². The van der Waals surface area contributed by atoms with Crippen molar-refractivity contribution in [3.63, 3.8) is 0 Å². The minimum atomic E-state index is -1.37. The molecule has 310 valence electrons. The molecule has 4 fully saturated rings. The first kappa shape index (κ1) is 39.8. The van der Waals surface area contributed by atoms with Crippen LogP contribution in [0.15, 0.2) is 30.5 Å². The number of carbonyl (C=O) groups excluding carboxylic acids is 2. The maximum absolute atomic E-state index is 17.5. The third kappa shape index (κ3) is 7.68. The molecule has 2 atom stereocenters. The van der Waals surface area contributed by atoms with E-state index < -0.39 is 35.5 Å². The van der Waals surface area contributed by atoms with Crippen LogP contribution in [0, 0.1) is 11.6 Å². The molecule has 2 aromatic heterocycles. The summed E-state index contributed by atoms with van der Waals surface area (Å²) in [5, 5.41) is 10.9. The molecule has 16 heteroatoms. The molecule has 0 radical (unpaired) electrons. The Balaban J connectivity index is 0.00000231. The number of anilines is 1. The number of benzene rings is 2. The van der Waals surface area contributed by atoms with Crippen molar-refractivity contribution in [3.8, 4) is 23.0 Å². The molecule has 58 heavy (non-hydrogen) atoms. The summed E-state index contributed by atoms with van der Waals surface area (Å²) in [4.78, 5) is 46.2. The van der Waals surface area contributed by atoms with Crippen LogP contribution in [-0.2, 0) is 11.2 Å². The number of aliphatic hydroxyl groups is 1. The summed E-state index contributed by atoms with van der Waals surface area (Å²) < 4.78 is 66.8. The Kier molecular flexibility index (Phi) is 11.2. The number of aromatic nitrogens is 3. The lowest BCUT2D eigenvalue weighted by molar-refractivity contribution is 0.107. The van der Waals surface area contributed by atoms with Gasteiger partial charge in [0.2, 0.25) is 0 Å². The Hall–Kier alpha value is -4.96. The maximum atomic E-state index is 17.5. The van der Waals surface area contributed by atoms with Crippen LogP contribution in [0.3, 0.4) is 0 Å². The van der Waals surface area contributed by atoms with Crippen LogP contribution in [-0.4, -0.2) is 119 Å². The summed E-state index contributed by atoms with van der Waals surface area (Å²) in [6, 6.07) is 5.96. The van der Waals surface area contributed by atoms with Crippen molar-refractivity contribution in [2.24, 2.45) is 0 Å². The highest BCUT2D eigenvalue weighted by Crippen LogP contribution is 2.42. The number of pyridine rings is 1. The van der Waals surface area contributed by atoms with Gasteiger partial charge in [-0.3, -0.25) is 9.88 Å². The zero-order chi connectivity index (χ0) is 40.6. The molecule has 0 spiro atoms. The molecule has 0 saturated carbocycles. The Morgan fingerprint density at radius 1 is 1.03 bits per heavy atom. The monoisotopic (exact) mass is 805 g/mol. The van der Waals surface area contributed by atoms with Gasteiger partial charge in [0.25, 0.3) is 0 Å². The van der Waals surface area contributed by atoms with E-state index in [0.717, 1.165) is 65.1 Å². The molecule has 10 rings (SSSR count). The fourth-order valence-corrected chi connectivity index (χ4v) is 9.69. The minimum absolute atomic E-state index is 0.0211. The van der Waals surface area contributed by atoms with E-state index >= 15 is 13.2 Å². The molecular formula is C42H50F3N7O6. The summed E-state index contributed by atoms with van der Waals surface area (Å²) >= 11 is 0. The summed E-state index contributed by atoms with van der Waals surface area (Å²) in [5.41, 5.74) is -1.01. The van der Waals surface area contributed by atoms with E-state index in [1.54, 1.807) is 28.9 Å². The number of piperidine rings is 2.